The third kappa shape index (κ3) is 2.10. The molecule has 0 fully saturated rings. The van der Waals surface area contributed by atoms with Crippen molar-refractivity contribution in [2.24, 2.45) is 0 Å². The van der Waals surface area contributed by atoms with Gasteiger partial charge >= 0.3 is 0 Å². The van der Waals surface area contributed by atoms with Gasteiger partial charge in [0.2, 0.25) is 0 Å². The second kappa shape index (κ2) is 4.66. The van der Waals surface area contributed by atoms with Gasteiger partial charge in [-0.15, -0.1) is 0 Å². The summed E-state index contributed by atoms with van der Waals surface area (Å²) in [5, 5.41) is 5.32. The molecule has 0 saturated carbocycles. The van der Waals surface area contributed by atoms with Crippen LogP contribution in [0.4, 0.5) is 4.39 Å². The van der Waals surface area contributed by atoms with Gasteiger partial charge < -0.3 is 4.74 Å². The highest BCUT2D eigenvalue weighted by Gasteiger charge is 2.10. The highest BCUT2D eigenvalue weighted by atomic mass is 79.9. The molecule has 1 heterocycles. The Morgan fingerprint density at radius 3 is 2.63 bits per heavy atom. The number of nitrogens with zero attached hydrogens (tertiary/aromatic N) is 2. The van der Waals surface area contributed by atoms with Crippen LogP contribution in [0.5, 0.6) is 5.75 Å². The van der Waals surface area contributed by atoms with Crippen molar-refractivity contribution < 1.29 is 9.13 Å². The lowest BCUT2D eigenvalue weighted by Gasteiger charge is -2.06. The van der Waals surface area contributed by atoms with E-state index < -0.39 is 0 Å². The van der Waals surface area contributed by atoms with Gasteiger partial charge in [0, 0.05) is 15.9 Å². The summed E-state index contributed by atoms with van der Waals surface area (Å²) in [5.74, 6) is 0.474. The molecular weight excluding hydrogens is 311 g/mol. The van der Waals surface area contributed by atoms with Crippen LogP contribution >= 0.6 is 15.9 Å². The molecule has 3 rings (SSSR count). The number of hydrogen-bond donors (Lipinski definition) is 0. The zero-order valence-electron chi connectivity index (χ0n) is 10.1. The molecule has 0 N–H and O–H groups in total. The first-order valence-corrected chi connectivity index (χ1v) is 6.45. The fraction of sp³-hybridized carbons (Fsp3) is 0.0714. The molecule has 0 unspecified atom stereocenters. The van der Waals surface area contributed by atoms with Crippen molar-refractivity contribution in [1.29, 1.82) is 0 Å². The molecule has 3 aromatic rings. The van der Waals surface area contributed by atoms with Crippen molar-refractivity contribution in [1.82, 2.24) is 9.78 Å². The van der Waals surface area contributed by atoms with Crippen LogP contribution in [0.25, 0.3) is 16.6 Å². The standard InChI is InChI=1S/C14H10BrFN2O/c1-19-11-6-13(15)12-8-17-18(14(12)7-11)10-4-2-9(16)3-5-10/h2-8H,1H3. The second-order valence-corrected chi connectivity index (χ2v) is 4.93. The van der Waals surface area contributed by atoms with Crippen LogP contribution in [-0.4, -0.2) is 16.9 Å². The maximum atomic E-state index is 13.0. The number of ether oxygens (including phenoxy) is 1. The van der Waals surface area contributed by atoms with Crippen molar-refractivity contribution in [3.63, 3.8) is 0 Å². The van der Waals surface area contributed by atoms with Gasteiger partial charge in [-0.05, 0) is 46.3 Å². The Kier molecular flexibility index (Phi) is 2.98. The lowest BCUT2D eigenvalue weighted by Crippen LogP contribution is -1.96. The monoisotopic (exact) mass is 320 g/mol. The maximum Gasteiger partial charge on any atom is 0.123 e. The van der Waals surface area contributed by atoms with Gasteiger partial charge in [-0.25, -0.2) is 9.07 Å². The van der Waals surface area contributed by atoms with Crippen LogP contribution in [0.15, 0.2) is 47.1 Å². The third-order valence-corrected chi connectivity index (χ3v) is 3.57. The third-order valence-electron chi connectivity index (χ3n) is 2.92. The smallest absolute Gasteiger partial charge is 0.123 e. The predicted molar refractivity (Wildman–Crippen MR) is 75.3 cm³/mol. The van der Waals surface area contributed by atoms with E-state index >= 15 is 0 Å². The van der Waals surface area contributed by atoms with Crippen LogP contribution in [-0.2, 0) is 0 Å². The average molecular weight is 321 g/mol. The zero-order valence-corrected chi connectivity index (χ0v) is 11.7. The van der Waals surface area contributed by atoms with Crippen LogP contribution in [0.3, 0.4) is 0 Å². The Labute approximate surface area is 117 Å². The number of aromatic nitrogens is 2. The Balaban J connectivity index is 2.24. The fourth-order valence-electron chi connectivity index (χ4n) is 1.97. The zero-order chi connectivity index (χ0) is 13.4. The van der Waals surface area contributed by atoms with Crippen LogP contribution in [0.2, 0.25) is 0 Å². The molecular formula is C14H10BrFN2O. The van der Waals surface area contributed by atoms with Gasteiger partial charge in [-0.1, -0.05) is 0 Å². The summed E-state index contributed by atoms with van der Waals surface area (Å²) in [5.41, 5.74) is 1.70. The minimum atomic E-state index is -0.265. The summed E-state index contributed by atoms with van der Waals surface area (Å²) in [7, 11) is 1.62. The summed E-state index contributed by atoms with van der Waals surface area (Å²) < 4.78 is 20.9. The fourth-order valence-corrected chi connectivity index (χ4v) is 2.50. The SMILES string of the molecule is COc1cc(Br)c2cnn(-c3ccc(F)cc3)c2c1. The van der Waals surface area contributed by atoms with Gasteiger partial charge in [-0.2, -0.15) is 5.10 Å². The molecule has 96 valence electrons. The molecule has 0 atom stereocenters. The molecule has 0 amide bonds. The van der Waals surface area contributed by atoms with Gasteiger partial charge in [-0.3, -0.25) is 0 Å². The number of hydrogen-bond acceptors (Lipinski definition) is 2. The van der Waals surface area contributed by atoms with Gasteiger partial charge in [0.25, 0.3) is 0 Å². The number of halogens is 2. The number of methoxy groups -OCH3 is 1. The van der Waals surface area contributed by atoms with Crippen molar-refractivity contribution in [2.45, 2.75) is 0 Å². The lowest BCUT2D eigenvalue weighted by molar-refractivity contribution is 0.415. The number of fused-ring (bicyclic) bond motifs is 1. The largest absolute Gasteiger partial charge is 0.497 e. The van der Waals surface area contributed by atoms with E-state index in [9.17, 15) is 4.39 Å². The Morgan fingerprint density at radius 1 is 1.21 bits per heavy atom. The number of rotatable bonds is 2. The quantitative estimate of drug-likeness (QED) is 0.715. The highest BCUT2D eigenvalue weighted by Crippen LogP contribution is 2.30. The van der Waals surface area contributed by atoms with E-state index in [-0.39, 0.29) is 5.82 Å². The van der Waals surface area contributed by atoms with Crippen LogP contribution < -0.4 is 4.74 Å². The van der Waals surface area contributed by atoms with E-state index in [1.165, 1.54) is 12.1 Å². The summed E-state index contributed by atoms with van der Waals surface area (Å²) in [6.07, 6.45) is 1.77. The topological polar surface area (TPSA) is 27.1 Å². The number of benzene rings is 2. The Bertz CT molecular complexity index is 737. The van der Waals surface area contributed by atoms with E-state index in [0.717, 1.165) is 26.8 Å². The molecule has 1 aromatic heterocycles. The molecule has 0 bridgehead atoms. The summed E-state index contributed by atoms with van der Waals surface area (Å²) in [6, 6.07) is 10.00. The van der Waals surface area contributed by atoms with Crippen molar-refractivity contribution in [3.8, 4) is 11.4 Å². The molecule has 0 spiro atoms. The summed E-state index contributed by atoms with van der Waals surface area (Å²) >= 11 is 3.49. The summed E-state index contributed by atoms with van der Waals surface area (Å²) in [6.45, 7) is 0. The van der Waals surface area contributed by atoms with Crippen molar-refractivity contribution in [2.75, 3.05) is 7.11 Å². The first-order chi connectivity index (χ1) is 9.19. The molecule has 5 heteroatoms. The van der Waals surface area contributed by atoms with E-state index in [2.05, 4.69) is 21.0 Å². The predicted octanol–water partition coefficient (Wildman–Crippen LogP) is 3.94. The van der Waals surface area contributed by atoms with Gasteiger partial charge in [0.05, 0.1) is 24.5 Å². The van der Waals surface area contributed by atoms with Crippen LogP contribution in [0.1, 0.15) is 0 Å². The lowest BCUT2D eigenvalue weighted by atomic mass is 10.2. The van der Waals surface area contributed by atoms with Crippen molar-refractivity contribution >= 4 is 26.8 Å². The van der Waals surface area contributed by atoms with E-state index in [1.807, 2.05) is 12.1 Å². The molecule has 2 aromatic carbocycles. The minimum Gasteiger partial charge on any atom is -0.497 e. The van der Waals surface area contributed by atoms with E-state index in [0.29, 0.717) is 0 Å². The minimum absolute atomic E-state index is 0.265. The Morgan fingerprint density at radius 2 is 1.95 bits per heavy atom. The molecule has 0 saturated heterocycles. The normalized spacial score (nSPS) is 10.9. The Hall–Kier alpha value is -1.88. The first kappa shape index (κ1) is 12.2. The van der Waals surface area contributed by atoms with Crippen molar-refractivity contribution in [3.05, 3.63) is 52.9 Å². The van der Waals surface area contributed by atoms with Gasteiger partial charge in [0.15, 0.2) is 0 Å². The molecule has 0 aliphatic rings. The molecule has 19 heavy (non-hydrogen) atoms. The molecule has 0 aliphatic heterocycles. The first-order valence-electron chi connectivity index (χ1n) is 5.66. The van der Waals surface area contributed by atoms with Crippen LogP contribution in [0, 0.1) is 5.82 Å². The van der Waals surface area contributed by atoms with Gasteiger partial charge in [0.1, 0.15) is 11.6 Å². The maximum absolute atomic E-state index is 13.0. The van der Waals surface area contributed by atoms with E-state index in [4.69, 9.17) is 4.74 Å². The molecule has 0 aliphatic carbocycles. The van der Waals surface area contributed by atoms with E-state index in [1.54, 1.807) is 30.1 Å². The molecule has 3 nitrogen and oxygen atoms in total. The summed E-state index contributed by atoms with van der Waals surface area (Å²) in [4.78, 5) is 0. The second-order valence-electron chi connectivity index (χ2n) is 4.07. The molecule has 0 radical (unpaired) electrons. The average Bonchev–Trinajstić information content (AvgIpc) is 2.84. The highest BCUT2D eigenvalue weighted by molar-refractivity contribution is 9.10.